The van der Waals surface area contributed by atoms with Crippen LogP contribution >= 0.6 is 11.3 Å². The van der Waals surface area contributed by atoms with E-state index in [1.54, 1.807) is 0 Å². The molecule has 2 heterocycles. The van der Waals surface area contributed by atoms with Crippen molar-refractivity contribution in [2.45, 2.75) is 0 Å². The number of rotatable bonds is 5. The minimum Gasteiger partial charge on any atom is -0.456 e. The number of benzene rings is 8. The first-order valence-corrected chi connectivity index (χ1v) is 17.4. The third-order valence-electron chi connectivity index (χ3n) is 9.65. The maximum Gasteiger partial charge on any atom is 0.137 e. The molecule has 0 atom stereocenters. The van der Waals surface area contributed by atoms with Crippen LogP contribution in [0.5, 0.6) is 0 Å². The van der Waals surface area contributed by atoms with Gasteiger partial charge >= 0.3 is 0 Å². The molecule has 0 aliphatic heterocycles. The van der Waals surface area contributed by atoms with Gasteiger partial charge in [-0.05, 0) is 87.6 Å². The van der Waals surface area contributed by atoms with Crippen LogP contribution in [0.4, 0.5) is 17.1 Å². The second-order valence-electron chi connectivity index (χ2n) is 12.6. The third-order valence-corrected chi connectivity index (χ3v) is 10.9. The number of hydrogen-bond acceptors (Lipinski definition) is 3. The molecule has 49 heavy (non-hydrogen) atoms. The van der Waals surface area contributed by atoms with Crippen molar-refractivity contribution in [1.82, 2.24) is 0 Å². The quantitative estimate of drug-likeness (QED) is 0.186. The summed E-state index contributed by atoms with van der Waals surface area (Å²) in [6, 6.07) is 63.3. The fourth-order valence-electron chi connectivity index (χ4n) is 7.22. The molecule has 2 nitrogen and oxygen atoms in total. The summed E-state index contributed by atoms with van der Waals surface area (Å²) in [7, 11) is 0. The molecule has 10 rings (SSSR count). The molecule has 2 aromatic heterocycles. The highest BCUT2D eigenvalue weighted by atomic mass is 32.1. The van der Waals surface area contributed by atoms with E-state index in [1.807, 2.05) is 23.5 Å². The van der Waals surface area contributed by atoms with Gasteiger partial charge in [0.2, 0.25) is 0 Å². The van der Waals surface area contributed by atoms with E-state index in [-0.39, 0.29) is 0 Å². The predicted molar refractivity (Wildman–Crippen MR) is 210 cm³/mol. The van der Waals surface area contributed by atoms with Gasteiger partial charge in [0.15, 0.2) is 0 Å². The first-order valence-electron chi connectivity index (χ1n) is 16.6. The average molecular weight is 644 g/mol. The second kappa shape index (κ2) is 11.2. The smallest absolute Gasteiger partial charge is 0.137 e. The zero-order chi connectivity index (χ0) is 32.3. The Morgan fingerprint density at radius 3 is 1.96 bits per heavy atom. The molecular formula is C46H29NOS. The van der Waals surface area contributed by atoms with Gasteiger partial charge in [-0.15, -0.1) is 11.3 Å². The van der Waals surface area contributed by atoms with Crippen LogP contribution in [0.3, 0.4) is 0 Å². The standard InChI is InChI=1S/C46H29NOS/c1-2-9-30(10-3-1)35-21-26-45-41(28-35)40-14-8-15-42(46(40)49-45)47(37-24-25-39-38-13-6-7-16-43(38)48-44(39)29-37)36-22-19-32(20-23-36)34-18-17-31-11-4-5-12-33(31)27-34/h1-29H. The van der Waals surface area contributed by atoms with Gasteiger partial charge in [0.05, 0.1) is 10.4 Å². The first kappa shape index (κ1) is 27.9. The lowest BCUT2D eigenvalue weighted by Crippen LogP contribution is -2.10. The fourth-order valence-corrected chi connectivity index (χ4v) is 8.41. The van der Waals surface area contributed by atoms with Gasteiger partial charge in [-0.3, -0.25) is 0 Å². The molecule has 3 heteroatoms. The van der Waals surface area contributed by atoms with Gasteiger partial charge < -0.3 is 9.32 Å². The van der Waals surface area contributed by atoms with Crippen LogP contribution in [-0.4, -0.2) is 0 Å². The number of fused-ring (bicyclic) bond motifs is 7. The van der Waals surface area contributed by atoms with Crippen molar-refractivity contribution in [3.05, 3.63) is 176 Å². The molecule has 0 fully saturated rings. The van der Waals surface area contributed by atoms with Crippen molar-refractivity contribution in [1.29, 1.82) is 0 Å². The lowest BCUT2D eigenvalue weighted by Gasteiger charge is -2.26. The maximum absolute atomic E-state index is 6.39. The Labute approximate surface area is 287 Å². The normalized spacial score (nSPS) is 11.7. The highest BCUT2D eigenvalue weighted by Crippen LogP contribution is 2.46. The Hall–Kier alpha value is -6.16. The summed E-state index contributed by atoms with van der Waals surface area (Å²) in [5.41, 5.74) is 9.94. The van der Waals surface area contributed by atoms with Crippen LogP contribution in [0.1, 0.15) is 0 Å². The molecule has 0 radical (unpaired) electrons. The summed E-state index contributed by atoms with van der Waals surface area (Å²) >= 11 is 1.85. The van der Waals surface area contributed by atoms with E-state index < -0.39 is 0 Å². The minimum absolute atomic E-state index is 0.882. The van der Waals surface area contributed by atoms with Gasteiger partial charge in [0, 0.05) is 43.7 Å². The second-order valence-corrected chi connectivity index (χ2v) is 13.6. The van der Waals surface area contributed by atoms with E-state index in [2.05, 4.69) is 169 Å². The lowest BCUT2D eigenvalue weighted by molar-refractivity contribution is 0.669. The predicted octanol–water partition coefficient (Wildman–Crippen LogP) is 13.9. The van der Waals surface area contributed by atoms with Crippen molar-refractivity contribution >= 4 is 81.3 Å². The van der Waals surface area contributed by atoms with Gasteiger partial charge in [-0.2, -0.15) is 0 Å². The molecule has 0 spiro atoms. The lowest BCUT2D eigenvalue weighted by atomic mass is 10.0. The van der Waals surface area contributed by atoms with E-state index in [4.69, 9.17) is 4.42 Å². The summed E-state index contributed by atoms with van der Waals surface area (Å²) in [6.45, 7) is 0. The Kier molecular flexibility index (Phi) is 6.39. The highest BCUT2D eigenvalue weighted by molar-refractivity contribution is 7.26. The van der Waals surface area contributed by atoms with Gasteiger partial charge in [-0.25, -0.2) is 0 Å². The Bertz CT molecular complexity index is 2830. The van der Waals surface area contributed by atoms with Crippen LogP contribution in [0.2, 0.25) is 0 Å². The number of hydrogen-bond donors (Lipinski definition) is 0. The minimum atomic E-state index is 0.882. The van der Waals surface area contributed by atoms with Crippen molar-refractivity contribution in [3.8, 4) is 22.3 Å². The van der Waals surface area contributed by atoms with Crippen LogP contribution < -0.4 is 4.90 Å². The van der Waals surface area contributed by atoms with Crippen LogP contribution in [0.25, 0.3) is 75.1 Å². The van der Waals surface area contributed by atoms with E-state index >= 15 is 0 Å². The van der Waals surface area contributed by atoms with Crippen molar-refractivity contribution < 1.29 is 4.42 Å². The molecule has 8 aromatic carbocycles. The monoisotopic (exact) mass is 643 g/mol. The summed E-state index contributed by atoms with van der Waals surface area (Å²) in [5.74, 6) is 0. The van der Waals surface area contributed by atoms with Crippen LogP contribution in [0.15, 0.2) is 180 Å². The molecule has 0 aliphatic carbocycles. The molecule has 230 valence electrons. The van der Waals surface area contributed by atoms with Gasteiger partial charge in [0.25, 0.3) is 0 Å². The molecule has 0 amide bonds. The maximum atomic E-state index is 6.39. The largest absolute Gasteiger partial charge is 0.456 e. The molecule has 0 N–H and O–H groups in total. The topological polar surface area (TPSA) is 16.4 Å². The Morgan fingerprint density at radius 1 is 0.388 bits per heavy atom. The molecule has 10 aromatic rings. The zero-order valence-corrected chi connectivity index (χ0v) is 27.3. The molecule has 0 bridgehead atoms. The number of nitrogens with zero attached hydrogens (tertiary/aromatic N) is 1. The molecular weight excluding hydrogens is 615 g/mol. The fraction of sp³-hybridized carbons (Fsp3) is 0. The Morgan fingerprint density at radius 2 is 1.06 bits per heavy atom. The van der Waals surface area contributed by atoms with Crippen LogP contribution in [-0.2, 0) is 0 Å². The average Bonchev–Trinajstić information content (AvgIpc) is 3.73. The number of thiophene rings is 1. The molecule has 0 unspecified atom stereocenters. The zero-order valence-electron chi connectivity index (χ0n) is 26.5. The third kappa shape index (κ3) is 4.70. The molecule has 0 saturated carbocycles. The number of furan rings is 1. The highest BCUT2D eigenvalue weighted by Gasteiger charge is 2.20. The van der Waals surface area contributed by atoms with Gasteiger partial charge in [0.1, 0.15) is 11.2 Å². The van der Waals surface area contributed by atoms with E-state index in [9.17, 15) is 0 Å². The van der Waals surface area contributed by atoms with Gasteiger partial charge in [-0.1, -0.05) is 115 Å². The first-order chi connectivity index (χ1) is 24.3. The Balaban J connectivity index is 1.15. The van der Waals surface area contributed by atoms with E-state index in [0.717, 1.165) is 39.0 Å². The summed E-state index contributed by atoms with van der Waals surface area (Å²) in [4.78, 5) is 2.38. The SMILES string of the molecule is c1ccc(-c2ccc3sc4c(N(c5ccc(-c6ccc7ccccc7c6)cc5)c5ccc6c(c5)oc5ccccc56)cccc4c3c2)cc1. The molecule has 0 aliphatic rings. The summed E-state index contributed by atoms with van der Waals surface area (Å²) in [6.07, 6.45) is 0. The van der Waals surface area contributed by atoms with Crippen molar-refractivity contribution in [3.63, 3.8) is 0 Å². The summed E-state index contributed by atoms with van der Waals surface area (Å²) in [5, 5.41) is 7.30. The molecule has 0 saturated heterocycles. The number of anilines is 3. The van der Waals surface area contributed by atoms with Crippen LogP contribution in [0, 0.1) is 0 Å². The van der Waals surface area contributed by atoms with Crippen molar-refractivity contribution in [2.75, 3.05) is 4.90 Å². The van der Waals surface area contributed by atoms with E-state index in [0.29, 0.717) is 0 Å². The number of para-hydroxylation sites is 1. The van der Waals surface area contributed by atoms with Crippen molar-refractivity contribution in [2.24, 2.45) is 0 Å². The summed E-state index contributed by atoms with van der Waals surface area (Å²) < 4.78 is 8.93. The van der Waals surface area contributed by atoms with E-state index in [1.165, 1.54) is 53.2 Å².